The van der Waals surface area contributed by atoms with Crippen LogP contribution >= 0.6 is 0 Å². The lowest BCUT2D eigenvalue weighted by atomic mass is 10.4. The van der Waals surface area contributed by atoms with E-state index in [1.807, 2.05) is 5.32 Å². The molecule has 0 aliphatic rings. The SMILES string of the molecule is COCc1cc(NC(=O)NCC(F)F)ncn1. The van der Waals surface area contributed by atoms with Gasteiger partial charge in [-0.15, -0.1) is 0 Å². The van der Waals surface area contributed by atoms with Crippen molar-refractivity contribution in [3.05, 3.63) is 18.1 Å². The molecule has 0 unspecified atom stereocenters. The van der Waals surface area contributed by atoms with Crippen LogP contribution in [0, 0.1) is 0 Å². The summed E-state index contributed by atoms with van der Waals surface area (Å²) >= 11 is 0. The lowest BCUT2D eigenvalue weighted by molar-refractivity contribution is 0.148. The summed E-state index contributed by atoms with van der Waals surface area (Å²) in [7, 11) is 1.50. The van der Waals surface area contributed by atoms with Gasteiger partial charge >= 0.3 is 6.03 Å². The predicted molar refractivity (Wildman–Crippen MR) is 55.8 cm³/mol. The molecule has 1 heterocycles. The molecule has 0 bridgehead atoms. The number of ether oxygens (including phenoxy) is 1. The number of methoxy groups -OCH3 is 1. The number of halogens is 2. The largest absolute Gasteiger partial charge is 0.378 e. The van der Waals surface area contributed by atoms with E-state index in [4.69, 9.17) is 4.74 Å². The molecule has 17 heavy (non-hydrogen) atoms. The summed E-state index contributed by atoms with van der Waals surface area (Å²) < 4.78 is 28.5. The quantitative estimate of drug-likeness (QED) is 0.813. The molecule has 2 N–H and O–H groups in total. The number of urea groups is 1. The first kappa shape index (κ1) is 13.2. The van der Waals surface area contributed by atoms with Crippen molar-refractivity contribution in [3.8, 4) is 0 Å². The number of alkyl halides is 2. The molecule has 6 nitrogen and oxygen atoms in total. The van der Waals surface area contributed by atoms with E-state index in [1.54, 1.807) is 0 Å². The molecule has 0 spiro atoms. The van der Waals surface area contributed by atoms with Gasteiger partial charge in [0.2, 0.25) is 0 Å². The highest BCUT2D eigenvalue weighted by atomic mass is 19.3. The molecule has 1 rings (SSSR count). The molecule has 1 aromatic rings. The summed E-state index contributed by atoms with van der Waals surface area (Å²) in [4.78, 5) is 18.8. The Labute approximate surface area is 96.4 Å². The Balaban J connectivity index is 2.50. The number of hydrogen-bond acceptors (Lipinski definition) is 4. The topological polar surface area (TPSA) is 76.1 Å². The molecule has 0 aliphatic heterocycles. The Bertz CT molecular complexity index is 376. The molecule has 0 radical (unpaired) electrons. The molecule has 0 aliphatic carbocycles. The third-order valence-electron chi connectivity index (χ3n) is 1.67. The van der Waals surface area contributed by atoms with Crippen LogP contribution in [-0.2, 0) is 11.3 Å². The smallest absolute Gasteiger partial charge is 0.320 e. The number of anilines is 1. The number of rotatable bonds is 5. The minimum Gasteiger partial charge on any atom is -0.378 e. The molecule has 0 saturated heterocycles. The molecule has 0 atom stereocenters. The van der Waals surface area contributed by atoms with Gasteiger partial charge in [-0.3, -0.25) is 5.32 Å². The van der Waals surface area contributed by atoms with Crippen LogP contribution in [0.5, 0.6) is 0 Å². The van der Waals surface area contributed by atoms with Gasteiger partial charge in [0, 0.05) is 13.2 Å². The summed E-state index contributed by atoms with van der Waals surface area (Å²) in [6.45, 7) is -0.433. The van der Waals surface area contributed by atoms with Crippen molar-refractivity contribution < 1.29 is 18.3 Å². The number of carbonyl (C=O) groups is 1. The highest BCUT2D eigenvalue weighted by Gasteiger charge is 2.07. The first-order valence-electron chi connectivity index (χ1n) is 4.74. The monoisotopic (exact) mass is 246 g/mol. The lowest BCUT2D eigenvalue weighted by Crippen LogP contribution is -2.32. The molecule has 0 fully saturated rings. The maximum absolute atomic E-state index is 11.8. The van der Waals surface area contributed by atoms with Crippen molar-refractivity contribution in [2.45, 2.75) is 13.0 Å². The fourth-order valence-corrected chi connectivity index (χ4v) is 1.02. The summed E-state index contributed by atoms with van der Waals surface area (Å²) in [5.74, 6) is 0.221. The average molecular weight is 246 g/mol. The van der Waals surface area contributed by atoms with E-state index >= 15 is 0 Å². The zero-order valence-electron chi connectivity index (χ0n) is 9.11. The number of aromatic nitrogens is 2. The van der Waals surface area contributed by atoms with Crippen molar-refractivity contribution in [3.63, 3.8) is 0 Å². The van der Waals surface area contributed by atoms with E-state index in [9.17, 15) is 13.6 Å². The van der Waals surface area contributed by atoms with Crippen molar-refractivity contribution in [2.24, 2.45) is 0 Å². The fourth-order valence-electron chi connectivity index (χ4n) is 1.02. The predicted octanol–water partition coefficient (Wildman–Crippen LogP) is 1.01. The van der Waals surface area contributed by atoms with E-state index in [-0.39, 0.29) is 12.4 Å². The van der Waals surface area contributed by atoms with E-state index in [0.29, 0.717) is 5.69 Å². The molecular formula is C9H12F2N4O2. The van der Waals surface area contributed by atoms with Crippen LogP contribution in [0.4, 0.5) is 19.4 Å². The molecule has 8 heteroatoms. The van der Waals surface area contributed by atoms with E-state index < -0.39 is 19.0 Å². The molecular weight excluding hydrogens is 234 g/mol. The zero-order valence-corrected chi connectivity index (χ0v) is 9.11. The first-order chi connectivity index (χ1) is 8.11. The van der Waals surface area contributed by atoms with Crippen LogP contribution < -0.4 is 10.6 Å². The third kappa shape index (κ3) is 5.16. The highest BCUT2D eigenvalue weighted by molar-refractivity contribution is 5.88. The summed E-state index contributed by atoms with van der Waals surface area (Å²) in [6, 6.07) is 0.748. The van der Waals surface area contributed by atoms with Crippen molar-refractivity contribution in [2.75, 3.05) is 19.0 Å². The first-order valence-corrected chi connectivity index (χ1v) is 4.74. The van der Waals surface area contributed by atoms with E-state index in [0.717, 1.165) is 0 Å². The Morgan fingerprint density at radius 1 is 1.53 bits per heavy atom. The second-order valence-corrected chi connectivity index (χ2v) is 3.05. The van der Waals surface area contributed by atoms with Crippen LogP contribution in [0.1, 0.15) is 5.69 Å². The standard InChI is InChI=1S/C9H12F2N4O2/c1-17-4-6-2-8(14-5-13-6)15-9(16)12-3-7(10)11/h2,5,7H,3-4H2,1H3,(H2,12,13,14,15,16). The van der Waals surface area contributed by atoms with Crippen molar-refractivity contribution >= 4 is 11.8 Å². The molecule has 0 aromatic carbocycles. The third-order valence-corrected chi connectivity index (χ3v) is 1.67. The minimum absolute atomic E-state index is 0.221. The molecule has 2 amide bonds. The molecule has 94 valence electrons. The minimum atomic E-state index is -2.59. The van der Waals surface area contributed by atoms with Crippen molar-refractivity contribution in [1.82, 2.24) is 15.3 Å². The van der Waals surface area contributed by atoms with Gasteiger partial charge in [-0.1, -0.05) is 0 Å². The maximum atomic E-state index is 11.8. The van der Waals surface area contributed by atoms with Crippen LogP contribution in [0.15, 0.2) is 12.4 Å². The highest BCUT2D eigenvalue weighted by Crippen LogP contribution is 2.04. The van der Waals surface area contributed by atoms with Gasteiger partial charge in [0.05, 0.1) is 18.8 Å². The van der Waals surface area contributed by atoms with E-state index in [2.05, 4.69) is 15.3 Å². The number of nitrogens with one attached hydrogen (secondary N) is 2. The maximum Gasteiger partial charge on any atom is 0.320 e. The lowest BCUT2D eigenvalue weighted by Gasteiger charge is -2.07. The number of hydrogen-bond donors (Lipinski definition) is 2. The van der Waals surface area contributed by atoms with Crippen LogP contribution in [-0.4, -0.2) is 36.1 Å². The van der Waals surface area contributed by atoms with E-state index in [1.165, 1.54) is 19.5 Å². The second kappa shape index (κ2) is 6.69. The van der Waals surface area contributed by atoms with Gasteiger partial charge in [0.1, 0.15) is 12.1 Å². The summed E-state index contributed by atoms with van der Waals surface area (Å²) in [5, 5.41) is 4.30. The van der Waals surface area contributed by atoms with Crippen LogP contribution in [0.3, 0.4) is 0 Å². The van der Waals surface area contributed by atoms with Gasteiger partial charge < -0.3 is 10.1 Å². The number of nitrogens with zero attached hydrogens (tertiary/aromatic N) is 2. The van der Waals surface area contributed by atoms with Gasteiger partial charge in [0.15, 0.2) is 0 Å². The zero-order chi connectivity index (χ0) is 12.7. The number of amides is 2. The Hall–Kier alpha value is -1.83. The van der Waals surface area contributed by atoms with Gasteiger partial charge in [-0.2, -0.15) is 0 Å². The van der Waals surface area contributed by atoms with Gasteiger partial charge in [0.25, 0.3) is 6.43 Å². The Morgan fingerprint density at radius 3 is 2.94 bits per heavy atom. The fraction of sp³-hybridized carbons (Fsp3) is 0.444. The summed E-state index contributed by atoms with van der Waals surface area (Å²) in [6.07, 6.45) is -1.34. The normalized spacial score (nSPS) is 10.4. The molecule has 1 aromatic heterocycles. The average Bonchev–Trinajstić information content (AvgIpc) is 2.27. The Morgan fingerprint density at radius 2 is 2.29 bits per heavy atom. The summed E-state index contributed by atoms with van der Waals surface area (Å²) in [5.41, 5.74) is 0.576. The van der Waals surface area contributed by atoms with Gasteiger partial charge in [-0.05, 0) is 0 Å². The van der Waals surface area contributed by atoms with Crippen LogP contribution in [0.2, 0.25) is 0 Å². The Kier molecular flexibility index (Phi) is 5.21. The number of carbonyl (C=O) groups excluding carboxylic acids is 1. The van der Waals surface area contributed by atoms with Crippen molar-refractivity contribution in [1.29, 1.82) is 0 Å². The molecule has 0 saturated carbocycles. The second-order valence-electron chi connectivity index (χ2n) is 3.05. The van der Waals surface area contributed by atoms with Gasteiger partial charge in [-0.25, -0.2) is 23.5 Å². The van der Waals surface area contributed by atoms with Crippen LogP contribution in [0.25, 0.3) is 0 Å².